The fourth-order valence-electron chi connectivity index (χ4n) is 3.70. The van der Waals surface area contributed by atoms with Gasteiger partial charge in [0, 0.05) is 17.0 Å². The van der Waals surface area contributed by atoms with Gasteiger partial charge in [0.2, 0.25) is 0 Å². The number of ether oxygens (including phenoxy) is 1. The first kappa shape index (κ1) is 22.1. The lowest BCUT2D eigenvalue weighted by Gasteiger charge is -2.24. The minimum absolute atomic E-state index is 0.129. The Balaban J connectivity index is 2.09. The lowest BCUT2D eigenvalue weighted by molar-refractivity contribution is -0.139. The number of aliphatic hydroxyl groups excluding tert-OH is 1. The predicted molar refractivity (Wildman–Crippen MR) is 120 cm³/mol. The summed E-state index contributed by atoms with van der Waals surface area (Å²) in [6.45, 7) is 9.07. The standard InChI is InChI=1S/C24H29NO4S/c1-5-7-11-25-20(23-15(3)10-13-30-23)19(22(27)24(25)28)21(26)17-8-9-18(16(4)14-17)29-12-6-2/h8-10,13-14,20,26H,5-7,11-12H2,1-4H3/b21-19-. The Morgan fingerprint density at radius 2 is 1.90 bits per heavy atom. The SMILES string of the molecule is CCCCN1C(=O)C(=O)/C(=C(\O)c2ccc(OCCC)c(C)c2)C1c1sccc1C. The molecule has 2 heterocycles. The van der Waals surface area contributed by atoms with Crippen molar-refractivity contribution in [3.8, 4) is 5.75 Å². The first-order valence-corrected chi connectivity index (χ1v) is 11.3. The van der Waals surface area contributed by atoms with E-state index in [0.717, 1.165) is 41.0 Å². The van der Waals surface area contributed by atoms with Crippen molar-refractivity contribution in [3.05, 3.63) is 56.8 Å². The summed E-state index contributed by atoms with van der Waals surface area (Å²) in [7, 11) is 0. The summed E-state index contributed by atoms with van der Waals surface area (Å²) in [5.74, 6) is -0.537. The van der Waals surface area contributed by atoms with Crippen molar-refractivity contribution in [3.63, 3.8) is 0 Å². The number of amides is 1. The molecule has 1 aliphatic rings. The van der Waals surface area contributed by atoms with Gasteiger partial charge in [0.1, 0.15) is 11.5 Å². The van der Waals surface area contributed by atoms with Crippen LogP contribution in [-0.2, 0) is 9.59 Å². The first-order valence-electron chi connectivity index (χ1n) is 10.5. The molecule has 30 heavy (non-hydrogen) atoms. The van der Waals surface area contributed by atoms with Gasteiger partial charge in [-0.15, -0.1) is 11.3 Å². The van der Waals surface area contributed by atoms with Gasteiger partial charge in [0.05, 0.1) is 18.2 Å². The number of carbonyl (C=O) groups is 2. The van der Waals surface area contributed by atoms with Crippen molar-refractivity contribution in [2.75, 3.05) is 13.2 Å². The Hall–Kier alpha value is -2.60. The van der Waals surface area contributed by atoms with Gasteiger partial charge in [-0.25, -0.2) is 0 Å². The summed E-state index contributed by atoms with van der Waals surface area (Å²) >= 11 is 1.51. The van der Waals surface area contributed by atoms with Crippen molar-refractivity contribution in [2.24, 2.45) is 0 Å². The molecule has 0 spiro atoms. The fraction of sp³-hybridized carbons (Fsp3) is 0.417. The van der Waals surface area contributed by atoms with Gasteiger partial charge in [-0.2, -0.15) is 0 Å². The highest BCUT2D eigenvalue weighted by Crippen LogP contribution is 2.42. The number of thiophene rings is 1. The highest BCUT2D eigenvalue weighted by molar-refractivity contribution is 7.10. The van der Waals surface area contributed by atoms with Gasteiger partial charge >= 0.3 is 0 Å². The number of unbranched alkanes of at least 4 members (excludes halogenated alkanes) is 1. The number of benzene rings is 1. The summed E-state index contributed by atoms with van der Waals surface area (Å²) in [5.41, 5.74) is 2.57. The highest BCUT2D eigenvalue weighted by Gasteiger charge is 2.46. The monoisotopic (exact) mass is 427 g/mol. The molecule has 1 saturated heterocycles. The molecular formula is C24H29NO4S. The van der Waals surface area contributed by atoms with E-state index in [4.69, 9.17) is 4.74 Å². The van der Waals surface area contributed by atoms with Crippen LogP contribution in [0.15, 0.2) is 35.2 Å². The van der Waals surface area contributed by atoms with Crippen LogP contribution in [0.25, 0.3) is 5.76 Å². The van der Waals surface area contributed by atoms with E-state index in [2.05, 4.69) is 0 Å². The predicted octanol–water partition coefficient (Wildman–Crippen LogP) is 5.38. The van der Waals surface area contributed by atoms with E-state index in [1.807, 2.05) is 39.1 Å². The van der Waals surface area contributed by atoms with E-state index in [1.54, 1.807) is 23.1 Å². The van der Waals surface area contributed by atoms with Crippen molar-refractivity contribution < 1.29 is 19.4 Å². The van der Waals surface area contributed by atoms with Crippen LogP contribution < -0.4 is 4.74 Å². The molecule has 2 aromatic rings. The normalized spacial score (nSPS) is 18.3. The van der Waals surface area contributed by atoms with Crippen molar-refractivity contribution in [1.29, 1.82) is 0 Å². The number of rotatable bonds is 8. The molecule has 3 rings (SSSR count). The highest BCUT2D eigenvalue weighted by atomic mass is 32.1. The van der Waals surface area contributed by atoms with E-state index >= 15 is 0 Å². The third kappa shape index (κ3) is 4.15. The molecule has 0 radical (unpaired) electrons. The molecule has 0 saturated carbocycles. The molecule has 0 bridgehead atoms. The van der Waals surface area contributed by atoms with Crippen molar-refractivity contribution >= 4 is 28.8 Å². The second-order valence-corrected chi connectivity index (χ2v) is 8.59. The maximum Gasteiger partial charge on any atom is 0.295 e. The zero-order valence-corrected chi connectivity index (χ0v) is 18.8. The number of hydrogen-bond donors (Lipinski definition) is 1. The van der Waals surface area contributed by atoms with E-state index in [-0.39, 0.29) is 11.3 Å². The van der Waals surface area contributed by atoms with Crippen LogP contribution in [0.2, 0.25) is 0 Å². The van der Waals surface area contributed by atoms with Gasteiger partial charge in [-0.1, -0.05) is 20.3 Å². The van der Waals surface area contributed by atoms with Gasteiger partial charge in [-0.05, 0) is 67.5 Å². The quantitative estimate of drug-likeness (QED) is 0.349. The molecule has 1 unspecified atom stereocenters. The average molecular weight is 428 g/mol. The van der Waals surface area contributed by atoms with E-state index in [1.165, 1.54) is 11.3 Å². The van der Waals surface area contributed by atoms with Gasteiger partial charge in [-0.3, -0.25) is 9.59 Å². The number of ketones is 1. The van der Waals surface area contributed by atoms with Crippen molar-refractivity contribution in [1.82, 2.24) is 4.90 Å². The molecule has 6 heteroatoms. The smallest absolute Gasteiger partial charge is 0.295 e. The zero-order valence-electron chi connectivity index (χ0n) is 18.0. The number of nitrogens with zero attached hydrogens (tertiary/aromatic N) is 1. The van der Waals surface area contributed by atoms with Crippen LogP contribution in [0.5, 0.6) is 5.75 Å². The summed E-state index contributed by atoms with van der Waals surface area (Å²) < 4.78 is 5.72. The summed E-state index contributed by atoms with van der Waals surface area (Å²) in [4.78, 5) is 28.3. The van der Waals surface area contributed by atoms with E-state index in [0.29, 0.717) is 18.7 Å². The van der Waals surface area contributed by atoms with Gasteiger partial charge in [0.25, 0.3) is 11.7 Å². The number of carbonyl (C=O) groups excluding carboxylic acids is 2. The summed E-state index contributed by atoms with van der Waals surface area (Å²) in [5, 5.41) is 13.1. The minimum atomic E-state index is -0.620. The molecule has 1 aromatic carbocycles. The molecule has 1 aromatic heterocycles. The number of aliphatic hydroxyl groups is 1. The van der Waals surface area contributed by atoms with E-state index < -0.39 is 17.7 Å². The lowest BCUT2D eigenvalue weighted by Crippen LogP contribution is -2.30. The molecule has 1 aliphatic heterocycles. The lowest BCUT2D eigenvalue weighted by atomic mass is 9.97. The van der Waals surface area contributed by atoms with Crippen LogP contribution in [0.4, 0.5) is 0 Å². The van der Waals surface area contributed by atoms with Crippen LogP contribution in [0, 0.1) is 13.8 Å². The third-order valence-corrected chi connectivity index (χ3v) is 6.42. The Morgan fingerprint density at radius 3 is 2.50 bits per heavy atom. The first-order chi connectivity index (χ1) is 14.4. The third-order valence-electron chi connectivity index (χ3n) is 5.35. The fourth-order valence-corrected chi connectivity index (χ4v) is 4.75. The largest absolute Gasteiger partial charge is 0.507 e. The van der Waals surface area contributed by atoms with Crippen LogP contribution >= 0.6 is 11.3 Å². The van der Waals surface area contributed by atoms with Crippen LogP contribution in [0.1, 0.15) is 60.7 Å². The zero-order chi connectivity index (χ0) is 21.8. The number of likely N-dealkylation sites (tertiary alicyclic amines) is 1. The number of aryl methyl sites for hydroxylation is 2. The maximum absolute atomic E-state index is 13.0. The molecule has 0 aliphatic carbocycles. The molecular weight excluding hydrogens is 398 g/mol. The minimum Gasteiger partial charge on any atom is -0.507 e. The average Bonchev–Trinajstić information content (AvgIpc) is 3.26. The molecule has 160 valence electrons. The molecule has 1 amide bonds. The Bertz CT molecular complexity index is 975. The molecule has 1 fully saturated rings. The van der Waals surface area contributed by atoms with Crippen LogP contribution in [-0.4, -0.2) is 34.8 Å². The second-order valence-electron chi connectivity index (χ2n) is 7.64. The summed E-state index contributed by atoms with van der Waals surface area (Å²) in [6.07, 6.45) is 2.62. The van der Waals surface area contributed by atoms with Crippen LogP contribution in [0.3, 0.4) is 0 Å². The topological polar surface area (TPSA) is 66.8 Å². The molecule has 1 N–H and O–H groups in total. The van der Waals surface area contributed by atoms with Gasteiger partial charge in [0.15, 0.2) is 0 Å². The Labute approximate surface area is 182 Å². The maximum atomic E-state index is 13.0. The Morgan fingerprint density at radius 1 is 1.13 bits per heavy atom. The van der Waals surface area contributed by atoms with E-state index in [9.17, 15) is 14.7 Å². The summed E-state index contributed by atoms with van der Waals surface area (Å²) in [6, 6.07) is 6.78. The second kappa shape index (κ2) is 9.47. The molecule has 1 atom stereocenters. The van der Waals surface area contributed by atoms with Gasteiger partial charge < -0.3 is 14.7 Å². The number of Topliss-reactive ketones (excluding diaryl/α,β-unsaturated/α-hetero) is 1. The number of hydrogen-bond acceptors (Lipinski definition) is 5. The molecule has 5 nitrogen and oxygen atoms in total. The Kier molecular flexibility index (Phi) is 6.98. The van der Waals surface area contributed by atoms with Crippen molar-refractivity contribution in [2.45, 2.75) is 53.0 Å².